The predicted molar refractivity (Wildman–Crippen MR) is 335 cm³/mol. The number of hydrogen-bond acceptors (Lipinski definition) is 10. The second kappa shape index (κ2) is 28.0. The van der Waals surface area contributed by atoms with Gasteiger partial charge >= 0.3 is 0 Å². The van der Waals surface area contributed by atoms with Gasteiger partial charge < -0.3 is 33.9 Å². The Balaban J connectivity index is 0.000000192. The Labute approximate surface area is 492 Å². The van der Waals surface area contributed by atoms with Gasteiger partial charge in [0, 0.05) is 111 Å². The molecule has 0 N–H and O–H groups in total. The molecular formula is C69H78N9O4P. The molecule has 0 amide bonds. The van der Waals surface area contributed by atoms with Crippen LogP contribution in [0.25, 0.3) is 18.2 Å². The number of phosphoric acid groups is 1. The standard InChI is InChI=1S/3C23H26N3.H3O4P/c3*1-23(2)20-8-5-6-9-21(20)26(4)22(23)15-12-18-10-13-19(14-11-18)25(3)17-7-16-24;1-5(2,3)4/h3*5-6,8-15H,7,17H2,1-4H3;(H3,1,2,3,4)/q3*+1;/p-3. The van der Waals surface area contributed by atoms with Crippen LogP contribution in [-0.2, 0) is 20.8 Å². The van der Waals surface area contributed by atoms with E-state index in [0.29, 0.717) is 19.3 Å². The van der Waals surface area contributed by atoms with Gasteiger partial charge in [-0.1, -0.05) is 91.0 Å². The van der Waals surface area contributed by atoms with Crippen molar-refractivity contribution in [3.63, 3.8) is 0 Å². The number of para-hydroxylation sites is 3. The van der Waals surface area contributed by atoms with Crippen LogP contribution >= 0.6 is 7.82 Å². The van der Waals surface area contributed by atoms with Gasteiger partial charge in [-0.15, -0.1) is 0 Å². The fraction of sp³-hybridized carbons (Fsp3) is 0.304. The molecule has 0 saturated carbocycles. The minimum Gasteiger partial charge on any atom is -0.822 e. The first kappa shape index (κ1) is 63.7. The number of allylic oxidation sites excluding steroid dienone is 3. The summed E-state index contributed by atoms with van der Waals surface area (Å²) in [6, 6.07) is 57.9. The first-order chi connectivity index (χ1) is 39.3. The summed E-state index contributed by atoms with van der Waals surface area (Å²) in [7, 11) is 7.09. The molecule has 14 heteroatoms. The third-order valence-corrected chi connectivity index (χ3v) is 15.8. The van der Waals surface area contributed by atoms with Crippen molar-refractivity contribution in [1.29, 1.82) is 15.8 Å². The molecule has 0 radical (unpaired) electrons. The number of hydrogen-bond donors (Lipinski definition) is 0. The van der Waals surface area contributed by atoms with Crippen molar-refractivity contribution >= 4 is 77.3 Å². The number of fused-ring (bicyclic) bond motifs is 3. The maximum atomic E-state index is 8.72. The lowest BCUT2D eigenvalue weighted by Gasteiger charge is -2.36. The highest BCUT2D eigenvalue weighted by atomic mass is 31.2. The van der Waals surface area contributed by atoms with Gasteiger partial charge in [0.1, 0.15) is 21.1 Å². The third-order valence-electron chi connectivity index (χ3n) is 15.8. The summed E-state index contributed by atoms with van der Waals surface area (Å²) in [6.45, 7) is 15.9. The van der Waals surface area contributed by atoms with Gasteiger partial charge in [0.05, 0.1) is 53.7 Å². The van der Waals surface area contributed by atoms with Crippen molar-refractivity contribution in [3.8, 4) is 18.2 Å². The second-order valence-electron chi connectivity index (χ2n) is 22.5. The maximum Gasteiger partial charge on any atom is 0.209 e. The topological polar surface area (TPSA) is 176 Å². The molecule has 0 unspecified atom stereocenters. The number of nitrogens with zero attached hydrogens (tertiary/aromatic N) is 9. The molecule has 3 heterocycles. The Hall–Kier alpha value is -8.47. The third kappa shape index (κ3) is 16.0. The highest BCUT2D eigenvalue weighted by Crippen LogP contribution is 2.41. The van der Waals surface area contributed by atoms with Crippen LogP contribution < -0.4 is 29.4 Å². The number of rotatable bonds is 15. The van der Waals surface area contributed by atoms with Crippen LogP contribution in [0.3, 0.4) is 0 Å². The molecule has 9 rings (SSSR count). The maximum absolute atomic E-state index is 8.72. The Kier molecular flexibility index (Phi) is 21.5. The van der Waals surface area contributed by atoms with E-state index in [2.05, 4.69) is 291 Å². The summed E-state index contributed by atoms with van der Waals surface area (Å²) in [6.07, 6.45) is 14.8. The van der Waals surface area contributed by atoms with Crippen molar-refractivity contribution in [2.24, 2.45) is 0 Å². The molecule has 3 aliphatic rings. The second-order valence-corrected chi connectivity index (χ2v) is 23.4. The van der Waals surface area contributed by atoms with E-state index < -0.39 is 7.82 Å². The molecule has 13 nitrogen and oxygen atoms in total. The van der Waals surface area contributed by atoms with Crippen molar-refractivity contribution in [1.82, 2.24) is 0 Å². The zero-order valence-corrected chi connectivity index (χ0v) is 51.1. The van der Waals surface area contributed by atoms with Crippen molar-refractivity contribution < 1.29 is 33.0 Å². The van der Waals surface area contributed by atoms with Crippen LogP contribution in [0.4, 0.5) is 34.1 Å². The minimum atomic E-state index is -5.39. The zero-order chi connectivity index (χ0) is 60.7. The van der Waals surface area contributed by atoms with Crippen molar-refractivity contribution in [2.75, 3.05) is 76.6 Å². The van der Waals surface area contributed by atoms with Gasteiger partial charge in [-0.2, -0.15) is 37.3 Å². The van der Waals surface area contributed by atoms with Gasteiger partial charge in [-0.25, -0.2) is 0 Å². The van der Waals surface area contributed by atoms with Crippen LogP contribution in [0, 0.1) is 34.0 Å². The fourth-order valence-corrected chi connectivity index (χ4v) is 11.0. The number of nitriles is 3. The van der Waals surface area contributed by atoms with Crippen LogP contribution in [-0.4, -0.2) is 92.8 Å². The Morgan fingerprint density at radius 1 is 0.410 bits per heavy atom. The van der Waals surface area contributed by atoms with Gasteiger partial charge in [-0.05, 0) is 113 Å². The smallest absolute Gasteiger partial charge is 0.209 e. The molecule has 6 aromatic rings. The average Bonchev–Trinajstić information content (AvgIpc) is 2.59. The zero-order valence-electron chi connectivity index (χ0n) is 50.2. The van der Waals surface area contributed by atoms with E-state index in [4.69, 9.17) is 35.0 Å². The van der Waals surface area contributed by atoms with Crippen molar-refractivity contribution in [2.45, 2.75) is 77.0 Å². The van der Waals surface area contributed by atoms with Gasteiger partial charge in [0.15, 0.2) is 17.1 Å². The fourth-order valence-electron chi connectivity index (χ4n) is 11.0. The lowest BCUT2D eigenvalue weighted by molar-refractivity contribution is -0.432. The normalized spacial score (nSPS) is 15.0. The Morgan fingerprint density at radius 3 is 0.831 bits per heavy atom. The Bertz CT molecular complexity index is 3250. The van der Waals surface area contributed by atoms with E-state index >= 15 is 0 Å². The SMILES string of the molecule is CN(CCC#N)c1ccc(/C=C/C2=[N+](C)c3ccccc3C2(C)C)cc1.CN(CCC#N)c1ccc(/C=C/C2=[N+](C)c3ccccc3C2(C)C)cc1.CN(CCC#N)c1ccc(/C=C/C2=[N+](C)c3ccccc3C2(C)C)cc1.O=P([O-])([O-])[O-]. The van der Waals surface area contributed by atoms with E-state index in [-0.39, 0.29) is 16.2 Å². The minimum absolute atomic E-state index is 0.000698. The first-order valence-electron chi connectivity index (χ1n) is 27.8. The molecular weight excluding hydrogens is 1050 g/mol. The van der Waals surface area contributed by atoms with Gasteiger partial charge in [0.2, 0.25) is 17.1 Å². The molecule has 83 heavy (non-hydrogen) atoms. The van der Waals surface area contributed by atoms with E-state index in [0.717, 1.165) is 36.7 Å². The monoisotopic (exact) mass is 1130 g/mol. The van der Waals surface area contributed by atoms with Crippen LogP contribution in [0.5, 0.6) is 0 Å². The summed E-state index contributed by atoms with van der Waals surface area (Å²) in [5, 5.41) is 26.2. The largest absolute Gasteiger partial charge is 0.822 e. The molecule has 0 aromatic heterocycles. The van der Waals surface area contributed by atoms with E-state index in [1.54, 1.807) is 0 Å². The molecule has 428 valence electrons. The lowest BCUT2D eigenvalue weighted by Crippen LogP contribution is -2.26. The highest BCUT2D eigenvalue weighted by molar-refractivity contribution is 7.40. The summed E-state index contributed by atoms with van der Waals surface area (Å²) in [5.74, 6) is 0. The Morgan fingerprint density at radius 2 is 0.627 bits per heavy atom. The van der Waals surface area contributed by atoms with Crippen molar-refractivity contribution in [3.05, 3.63) is 197 Å². The highest BCUT2D eigenvalue weighted by Gasteiger charge is 2.44. The van der Waals surface area contributed by atoms with Crippen LogP contribution in [0.15, 0.2) is 164 Å². The molecule has 0 saturated heterocycles. The summed E-state index contributed by atoms with van der Waals surface area (Å²) in [5.41, 5.74) is 18.8. The van der Waals surface area contributed by atoms with E-state index in [1.165, 1.54) is 67.6 Å². The molecule has 0 atom stereocenters. The first-order valence-corrected chi connectivity index (χ1v) is 29.2. The molecule has 0 aliphatic carbocycles. The summed E-state index contributed by atoms with van der Waals surface area (Å²) >= 11 is 0. The lowest BCUT2D eigenvalue weighted by atomic mass is 9.81. The average molecular weight is 1130 g/mol. The molecule has 0 fully saturated rings. The molecule has 0 spiro atoms. The van der Waals surface area contributed by atoms with Gasteiger partial charge in [-0.3, -0.25) is 0 Å². The quantitative estimate of drug-likeness (QED) is 0.0710. The molecule has 6 aromatic carbocycles. The summed E-state index contributed by atoms with van der Waals surface area (Å²) < 4.78 is 15.4. The molecule has 3 aliphatic heterocycles. The van der Waals surface area contributed by atoms with Gasteiger partial charge in [0.25, 0.3) is 0 Å². The van der Waals surface area contributed by atoms with E-state index in [9.17, 15) is 0 Å². The van der Waals surface area contributed by atoms with Crippen LogP contribution in [0.1, 0.15) is 94.2 Å². The number of benzene rings is 6. The van der Waals surface area contributed by atoms with E-state index in [1.807, 2.05) is 21.1 Å². The van der Waals surface area contributed by atoms with Crippen LogP contribution in [0.2, 0.25) is 0 Å². The summed E-state index contributed by atoms with van der Waals surface area (Å²) in [4.78, 5) is 32.0. The molecule has 0 bridgehead atoms. The predicted octanol–water partition coefficient (Wildman–Crippen LogP) is 11.4. The number of anilines is 3.